The van der Waals surface area contributed by atoms with Gasteiger partial charge in [0.1, 0.15) is 11.3 Å². The highest BCUT2D eigenvalue weighted by molar-refractivity contribution is 6.28. The first-order chi connectivity index (χ1) is 13.7. The van der Waals surface area contributed by atoms with E-state index >= 15 is 0 Å². The van der Waals surface area contributed by atoms with Crippen LogP contribution in [-0.4, -0.2) is 39.7 Å². The molecule has 0 bridgehead atoms. The number of carbonyl (C=O) groups is 1. The standard InChI is InChI=1S/C22H25ClFN3O2/c1-22(2,3)29-21(28)27-11-9-15(10-12-27)7-8-16-5-4-6-17(13-16)19-18(24)14-25-20(23)26-19/h4-8,13-15H,9-12H2,1-3H3/b8-7+. The maximum atomic E-state index is 14.0. The first kappa shape index (κ1) is 21.2. The highest BCUT2D eigenvalue weighted by Crippen LogP contribution is 2.25. The number of hydrogen-bond donors (Lipinski definition) is 0. The van der Waals surface area contributed by atoms with E-state index in [0.29, 0.717) is 24.6 Å². The number of halogens is 2. The van der Waals surface area contributed by atoms with Crippen molar-refractivity contribution in [2.75, 3.05) is 13.1 Å². The van der Waals surface area contributed by atoms with Gasteiger partial charge in [0, 0.05) is 18.7 Å². The molecule has 0 atom stereocenters. The average molecular weight is 418 g/mol. The van der Waals surface area contributed by atoms with Gasteiger partial charge in [-0.05, 0) is 62.8 Å². The van der Waals surface area contributed by atoms with Crippen molar-refractivity contribution in [3.63, 3.8) is 0 Å². The Balaban J connectivity index is 1.62. The van der Waals surface area contributed by atoms with Gasteiger partial charge in [0.15, 0.2) is 5.82 Å². The molecule has 1 amide bonds. The van der Waals surface area contributed by atoms with Crippen LogP contribution in [0.15, 0.2) is 36.5 Å². The minimum absolute atomic E-state index is 0.0130. The predicted molar refractivity (Wildman–Crippen MR) is 112 cm³/mol. The fourth-order valence-electron chi connectivity index (χ4n) is 3.19. The van der Waals surface area contributed by atoms with Crippen molar-refractivity contribution in [3.05, 3.63) is 53.2 Å². The van der Waals surface area contributed by atoms with Crippen molar-refractivity contribution in [3.8, 4) is 11.3 Å². The molecule has 3 rings (SSSR count). The van der Waals surface area contributed by atoms with E-state index in [1.54, 1.807) is 11.0 Å². The summed E-state index contributed by atoms with van der Waals surface area (Å²) in [5.74, 6) is -0.132. The summed E-state index contributed by atoms with van der Waals surface area (Å²) in [4.78, 5) is 21.6. The van der Waals surface area contributed by atoms with E-state index in [1.807, 2.05) is 45.0 Å². The van der Waals surface area contributed by atoms with E-state index in [9.17, 15) is 9.18 Å². The topological polar surface area (TPSA) is 55.3 Å². The smallest absolute Gasteiger partial charge is 0.410 e. The van der Waals surface area contributed by atoms with Crippen LogP contribution in [0.2, 0.25) is 5.28 Å². The van der Waals surface area contributed by atoms with Crippen LogP contribution in [0, 0.1) is 11.7 Å². The monoisotopic (exact) mass is 417 g/mol. The number of aromatic nitrogens is 2. The first-order valence-corrected chi connectivity index (χ1v) is 10.0. The SMILES string of the molecule is CC(C)(C)OC(=O)N1CCC(/C=C/c2cccc(-c3nc(Cl)ncc3F)c2)CC1. The number of nitrogens with zero attached hydrogens (tertiary/aromatic N) is 3. The first-order valence-electron chi connectivity index (χ1n) is 9.66. The van der Waals surface area contributed by atoms with Gasteiger partial charge in [0.05, 0.1) is 6.20 Å². The number of likely N-dealkylation sites (tertiary alicyclic amines) is 1. The zero-order valence-corrected chi connectivity index (χ0v) is 17.6. The second-order valence-electron chi connectivity index (χ2n) is 8.12. The number of ether oxygens (including phenoxy) is 1. The van der Waals surface area contributed by atoms with Crippen LogP contribution in [-0.2, 0) is 4.74 Å². The Morgan fingerprint density at radius 3 is 2.72 bits per heavy atom. The quantitative estimate of drug-likeness (QED) is 0.610. The van der Waals surface area contributed by atoms with Crippen molar-refractivity contribution in [1.29, 1.82) is 0 Å². The minimum Gasteiger partial charge on any atom is -0.444 e. The zero-order valence-electron chi connectivity index (χ0n) is 16.9. The fourth-order valence-corrected chi connectivity index (χ4v) is 3.32. The van der Waals surface area contributed by atoms with Gasteiger partial charge in [-0.1, -0.05) is 30.4 Å². The molecule has 1 aliphatic heterocycles. The third-order valence-electron chi connectivity index (χ3n) is 4.63. The van der Waals surface area contributed by atoms with Crippen LogP contribution in [0.1, 0.15) is 39.2 Å². The molecule has 2 aromatic rings. The van der Waals surface area contributed by atoms with Gasteiger partial charge < -0.3 is 9.64 Å². The summed E-state index contributed by atoms with van der Waals surface area (Å²) in [7, 11) is 0. The Kier molecular flexibility index (Phi) is 6.52. The van der Waals surface area contributed by atoms with Gasteiger partial charge in [0.25, 0.3) is 0 Å². The van der Waals surface area contributed by atoms with Crippen molar-refractivity contribution in [2.45, 2.75) is 39.2 Å². The molecule has 5 nitrogen and oxygen atoms in total. The minimum atomic E-state index is -0.509. The molecule has 0 aliphatic carbocycles. The lowest BCUT2D eigenvalue weighted by Gasteiger charge is -2.32. The van der Waals surface area contributed by atoms with E-state index in [2.05, 4.69) is 16.0 Å². The molecule has 0 unspecified atom stereocenters. The largest absolute Gasteiger partial charge is 0.444 e. The van der Waals surface area contributed by atoms with E-state index in [0.717, 1.165) is 24.6 Å². The maximum Gasteiger partial charge on any atom is 0.410 e. The van der Waals surface area contributed by atoms with Gasteiger partial charge in [-0.15, -0.1) is 0 Å². The van der Waals surface area contributed by atoms with Crippen molar-refractivity contribution in [1.82, 2.24) is 14.9 Å². The molecule has 154 valence electrons. The molecule has 0 radical (unpaired) electrons. The van der Waals surface area contributed by atoms with Crippen LogP contribution in [0.25, 0.3) is 17.3 Å². The molecule has 1 aromatic carbocycles. The van der Waals surface area contributed by atoms with Crippen LogP contribution < -0.4 is 0 Å². The third-order valence-corrected chi connectivity index (χ3v) is 4.81. The molecule has 29 heavy (non-hydrogen) atoms. The Hall–Kier alpha value is -2.47. The second-order valence-corrected chi connectivity index (χ2v) is 8.46. The molecule has 0 spiro atoms. The van der Waals surface area contributed by atoms with Crippen molar-refractivity contribution in [2.24, 2.45) is 5.92 Å². The number of carbonyl (C=O) groups excluding carboxylic acids is 1. The molecular formula is C22H25ClFN3O2. The number of rotatable bonds is 3. The normalized spacial score (nSPS) is 15.7. The summed E-state index contributed by atoms with van der Waals surface area (Å²) in [5, 5.41) is 0.0130. The van der Waals surface area contributed by atoms with Gasteiger partial charge >= 0.3 is 6.09 Å². The van der Waals surface area contributed by atoms with Crippen molar-refractivity contribution >= 4 is 23.8 Å². The van der Waals surface area contributed by atoms with E-state index in [4.69, 9.17) is 16.3 Å². The van der Waals surface area contributed by atoms with Crippen LogP contribution in [0.5, 0.6) is 0 Å². The predicted octanol–water partition coefficient (Wildman–Crippen LogP) is 5.60. The summed E-state index contributed by atoms with van der Waals surface area (Å²) in [6, 6.07) is 7.47. The Morgan fingerprint density at radius 2 is 2.03 bits per heavy atom. The second kappa shape index (κ2) is 8.91. The molecular weight excluding hydrogens is 393 g/mol. The van der Waals surface area contributed by atoms with Crippen LogP contribution in [0.3, 0.4) is 0 Å². The van der Waals surface area contributed by atoms with E-state index in [-0.39, 0.29) is 17.1 Å². The Morgan fingerprint density at radius 1 is 1.31 bits per heavy atom. The summed E-state index contributed by atoms with van der Waals surface area (Å²) < 4.78 is 19.5. The fraction of sp³-hybridized carbons (Fsp3) is 0.409. The molecule has 2 heterocycles. The molecule has 1 saturated heterocycles. The summed E-state index contributed by atoms with van der Waals surface area (Å²) >= 11 is 5.80. The molecule has 0 saturated carbocycles. The summed E-state index contributed by atoms with van der Waals surface area (Å²) in [6.45, 7) is 6.96. The van der Waals surface area contributed by atoms with Gasteiger partial charge in [0.2, 0.25) is 5.28 Å². The molecule has 1 aromatic heterocycles. The lowest BCUT2D eigenvalue weighted by atomic mass is 9.95. The third kappa shape index (κ3) is 6.00. The lowest BCUT2D eigenvalue weighted by molar-refractivity contribution is 0.0197. The van der Waals surface area contributed by atoms with Gasteiger partial charge in [-0.25, -0.2) is 19.2 Å². The highest BCUT2D eigenvalue weighted by atomic mass is 35.5. The number of allylic oxidation sites excluding steroid dienone is 1. The molecule has 0 N–H and O–H groups in total. The number of benzene rings is 1. The van der Waals surface area contributed by atoms with Gasteiger partial charge in [-0.3, -0.25) is 0 Å². The number of amides is 1. The van der Waals surface area contributed by atoms with Gasteiger partial charge in [-0.2, -0.15) is 0 Å². The van der Waals surface area contributed by atoms with Crippen LogP contribution in [0.4, 0.5) is 9.18 Å². The maximum absolute atomic E-state index is 14.0. The zero-order chi connectivity index (χ0) is 21.0. The number of piperidine rings is 1. The van der Waals surface area contributed by atoms with E-state index in [1.165, 1.54) is 0 Å². The Bertz CT molecular complexity index is 903. The summed E-state index contributed by atoms with van der Waals surface area (Å²) in [6.07, 6.45) is 6.76. The Labute approximate surface area is 175 Å². The van der Waals surface area contributed by atoms with E-state index < -0.39 is 11.4 Å². The molecule has 1 aliphatic rings. The number of hydrogen-bond acceptors (Lipinski definition) is 4. The summed E-state index contributed by atoms with van der Waals surface area (Å²) in [5.41, 5.74) is 1.30. The molecule has 1 fully saturated rings. The average Bonchev–Trinajstić information content (AvgIpc) is 2.67. The van der Waals surface area contributed by atoms with Crippen molar-refractivity contribution < 1.29 is 13.9 Å². The molecule has 7 heteroatoms. The lowest BCUT2D eigenvalue weighted by Crippen LogP contribution is -2.41. The highest BCUT2D eigenvalue weighted by Gasteiger charge is 2.25. The van der Waals surface area contributed by atoms with Crippen LogP contribution >= 0.6 is 11.6 Å².